The second-order valence-corrected chi connectivity index (χ2v) is 5.65. The molecule has 0 saturated heterocycles. The summed E-state index contributed by atoms with van der Waals surface area (Å²) in [5.74, 6) is 2.00. The van der Waals surface area contributed by atoms with E-state index in [1.54, 1.807) is 13.3 Å². The quantitative estimate of drug-likeness (QED) is 0.393. The molecule has 6 nitrogen and oxygen atoms in total. The predicted molar refractivity (Wildman–Crippen MR) is 93.9 cm³/mol. The Labute approximate surface area is 139 Å². The number of aromatic nitrogens is 1. The summed E-state index contributed by atoms with van der Waals surface area (Å²) < 4.78 is 10.7. The van der Waals surface area contributed by atoms with Crippen molar-refractivity contribution in [2.45, 2.75) is 33.7 Å². The van der Waals surface area contributed by atoms with Gasteiger partial charge in [-0.05, 0) is 30.9 Å². The number of hydrogen-bond acceptors (Lipinski definition) is 4. The van der Waals surface area contributed by atoms with Crippen molar-refractivity contribution in [2.75, 3.05) is 33.4 Å². The summed E-state index contributed by atoms with van der Waals surface area (Å²) in [6.45, 7) is 10.2. The fraction of sp³-hybridized carbons (Fsp3) is 0.647. The number of nitrogens with one attached hydrogen (secondary N) is 2. The van der Waals surface area contributed by atoms with Gasteiger partial charge in [0, 0.05) is 38.6 Å². The van der Waals surface area contributed by atoms with Crippen LogP contribution in [0.5, 0.6) is 5.88 Å². The number of guanidine groups is 1. The van der Waals surface area contributed by atoms with E-state index in [-0.39, 0.29) is 0 Å². The van der Waals surface area contributed by atoms with E-state index in [1.807, 2.05) is 12.1 Å². The zero-order valence-corrected chi connectivity index (χ0v) is 14.8. The first-order valence-corrected chi connectivity index (χ1v) is 8.24. The highest BCUT2D eigenvalue weighted by atomic mass is 16.5. The lowest BCUT2D eigenvalue weighted by Crippen LogP contribution is -2.38. The second-order valence-electron chi connectivity index (χ2n) is 5.65. The zero-order valence-electron chi connectivity index (χ0n) is 14.8. The van der Waals surface area contributed by atoms with E-state index in [1.165, 1.54) is 0 Å². The van der Waals surface area contributed by atoms with E-state index < -0.39 is 0 Å². The van der Waals surface area contributed by atoms with Crippen LogP contribution in [0, 0.1) is 5.92 Å². The van der Waals surface area contributed by atoms with Crippen molar-refractivity contribution in [1.82, 2.24) is 15.6 Å². The molecule has 0 aliphatic heterocycles. The highest BCUT2D eigenvalue weighted by Gasteiger charge is 2.00. The van der Waals surface area contributed by atoms with Crippen LogP contribution in [0.15, 0.2) is 23.3 Å². The first kappa shape index (κ1) is 19.2. The number of nitrogens with zero attached hydrogens (tertiary/aromatic N) is 2. The van der Waals surface area contributed by atoms with Gasteiger partial charge in [-0.1, -0.05) is 13.8 Å². The Kier molecular flexibility index (Phi) is 9.79. The van der Waals surface area contributed by atoms with Crippen molar-refractivity contribution in [3.8, 4) is 5.88 Å². The van der Waals surface area contributed by atoms with E-state index in [0.717, 1.165) is 44.2 Å². The van der Waals surface area contributed by atoms with E-state index in [0.29, 0.717) is 18.3 Å². The molecule has 1 heterocycles. The predicted octanol–water partition coefficient (Wildman–Crippen LogP) is 2.21. The molecule has 130 valence electrons. The molecule has 0 amide bonds. The topological polar surface area (TPSA) is 67.8 Å². The molecule has 0 fully saturated rings. The number of pyridine rings is 1. The molecule has 0 aliphatic rings. The highest BCUT2D eigenvalue weighted by molar-refractivity contribution is 5.79. The number of rotatable bonds is 10. The maximum atomic E-state index is 5.57. The van der Waals surface area contributed by atoms with Gasteiger partial charge in [0.1, 0.15) is 0 Å². The summed E-state index contributed by atoms with van der Waals surface area (Å²) in [6, 6.07) is 3.84. The van der Waals surface area contributed by atoms with Crippen LogP contribution in [-0.4, -0.2) is 44.4 Å². The average Bonchev–Trinajstić information content (AvgIpc) is 2.55. The van der Waals surface area contributed by atoms with Crippen molar-refractivity contribution in [3.05, 3.63) is 23.9 Å². The second kappa shape index (κ2) is 11.7. The van der Waals surface area contributed by atoms with E-state index >= 15 is 0 Å². The van der Waals surface area contributed by atoms with E-state index in [2.05, 4.69) is 41.4 Å². The minimum Gasteiger partial charge on any atom is -0.481 e. The average molecular weight is 322 g/mol. The molecular formula is C17H30N4O2. The van der Waals surface area contributed by atoms with Gasteiger partial charge >= 0.3 is 0 Å². The smallest absolute Gasteiger partial charge is 0.213 e. The van der Waals surface area contributed by atoms with Gasteiger partial charge in [0.2, 0.25) is 5.88 Å². The third-order valence-electron chi connectivity index (χ3n) is 2.98. The van der Waals surface area contributed by atoms with Crippen LogP contribution in [0.1, 0.15) is 32.8 Å². The molecule has 0 bridgehead atoms. The van der Waals surface area contributed by atoms with Gasteiger partial charge in [-0.2, -0.15) is 0 Å². The summed E-state index contributed by atoms with van der Waals surface area (Å²) in [6.07, 6.45) is 2.69. The normalized spacial score (nSPS) is 11.6. The molecule has 1 rings (SSSR count). The molecule has 2 N–H and O–H groups in total. The van der Waals surface area contributed by atoms with Gasteiger partial charge in [-0.15, -0.1) is 0 Å². The van der Waals surface area contributed by atoms with Crippen molar-refractivity contribution in [1.29, 1.82) is 0 Å². The summed E-state index contributed by atoms with van der Waals surface area (Å²) in [7, 11) is 1.61. The van der Waals surface area contributed by atoms with Crippen LogP contribution in [-0.2, 0) is 11.3 Å². The van der Waals surface area contributed by atoms with E-state index in [9.17, 15) is 0 Å². The molecule has 1 aromatic heterocycles. The Balaban J connectivity index is 2.37. The van der Waals surface area contributed by atoms with Crippen LogP contribution in [0.2, 0.25) is 0 Å². The van der Waals surface area contributed by atoms with Gasteiger partial charge in [0.05, 0.1) is 13.7 Å². The van der Waals surface area contributed by atoms with Crippen molar-refractivity contribution in [2.24, 2.45) is 10.9 Å². The molecule has 23 heavy (non-hydrogen) atoms. The first-order chi connectivity index (χ1) is 11.2. The minimum atomic E-state index is 0.581. The standard InChI is InChI=1S/C17H30N4O2/c1-5-18-17(20-8-6-10-23-13-14(2)3)21-12-15-7-9-19-16(11-15)22-4/h7,9,11,14H,5-6,8,10,12-13H2,1-4H3,(H2,18,20,21). The maximum absolute atomic E-state index is 5.57. The number of methoxy groups -OCH3 is 1. The fourth-order valence-electron chi connectivity index (χ4n) is 1.87. The van der Waals surface area contributed by atoms with Crippen molar-refractivity contribution < 1.29 is 9.47 Å². The van der Waals surface area contributed by atoms with Crippen LogP contribution in [0.4, 0.5) is 0 Å². The van der Waals surface area contributed by atoms with Crippen molar-refractivity contribution in [3.63, 3.8) is 0 Å². The molecule has 0 unspecified atom stereocenters. The van der Waals surface area contributed by atoms with Gasteiger partial charge in [-0.3, -0.25) is 0 Å². The molecule has 1 aromatic rings. The lowest BCUT2D eigenvalue weighted by molar-refractivity contribution is 0.108. The SMILES string of the molecule is CCNC(=NCc1ccnc(OC)c1)NCCCOCC(C)C. The van der Waals surface area contributed by atoms with Gasteiger partial charge in [-0.25, -0.2) is 9.98 Å². The van der Waals surface area contributed by atoms with Crippen LogP contribution >= 0.6 is 0 Å². The van der Waals surface area contributed by atoms with Crippen molar-refractivity contribution >= 4 is 5.96 Å². The Hall–Kier alpha value is -1.82. The summed E-state index contributed by atoms with van der Waals surface area (Å²) in [4.78, 5) is 8.67. The summed E-state index contributed by atoms with van der Waals surface area (Å²) >= 11 is 0. The largest absolute Gasteiger partial charge is 0.481 e. The van der Waals surface area contributed by atoms with E-state index in [4.69, 9.17) is 9.47 Å². The van der Waals surface area contributed by atoms with Crippen LogP contribution in [0.25, 0.3) is 0 Å². The Morgan fingerprint density at radius 3 is 2.87 bits per heavy atom. The van der Waals surface area contributed by atoms with Gasteiger partial charge in [0.25, 0.3) is 0 Å². The third kappa shape index (κ3) is 9.03. The molecule has 0 atom stereocenters. The number of aliphatic imine (C=N–C) groups is 1. The first-order valence-electron chi connectivity index (χ1n) is 8.24. The van der Waals surface area contributed by atoms with Crippen LogP contribution < -0.4 is 15.4 Å². The molecular weight excluding hydrogens is 292 g/mol. The third-order valence-corrected chi connectivity index (χ3v) is 2.98. The maximum Gasteiger partial charge on any atom is 0.213 e. The fourth-order valence-corrected chi connectivity index (χ4v) is 1.87. The summed E-state index contributed by atoms with van der Waals surface area (Å²) in [5, 5.41) is 6.56. The highest BCUT2D eigenvalue weighted by Crippen LogP contribution is 2.09. The zero-order chi connectivity index (χ0) is 16.9. The molecule has 0 radical (unpaired) electrons. The number of ether oxygens (including phenoxy) is 2. The van der Waals surface area contributed by atoms with Gasteiger partial charge in [0.15, 0.2) is 5.96 Å². The molecule has 0 aromatic carbocycles. The minimum absolute atomic E-state index is 0.581. The lowest BCUT2D eigenvalue weighted by atomic mass is 10.2. The monoisotopic (exact) mass is 322 g/mol. The molecule has 0 aliphatic carbocycles. The lowest BCUT2D eigenvalue weighted by Gasteiger charge is -2.12. The molecule has 0 spiro atoms. The Morgan fingerprint density at radius 2 is 2.17 bits per heavy atom. The molecule has 0 saturated carbocycles. The summed E-state index contributed by atoms with van der Waals surface area (Å²) in [5.41, 5.74) is 1.06. The molecule has 6 heteroatoms. The Morgan fingerprint density at radius 1 is 1.35 bits per heavy atom. The van der Waals surface area contributed by atoms with Crippen LogP contribution in [0.3, 0.4) is 0 Å². The van der Waals surface area contributed by atoms with Gasteiger partial charge < -0.3 is 20.1 Å². The number of hydrogen-bond donors (Lipinski definition) is 2. The Bertz CT molecular complexity index is 464.